The van der Waals surface area contributed by atoms with Crippen molar-refractivity contribution in [2.75, 3.05) is 20.3 Å². The van der Waals surface area contributed by atoms with E-state index in [1.807, 2.05) is 0 Å². The van der Waals surface area contributed by atoms with E-state index in [0.29, 0.717) is 18.6 Å². The summed E-state index contributed by atoms with van der Waals surface area (Å²) in [5.41, 5.74) is 1.02. The van der Waals surface area contributed by atoms with Crippen LogP contribution >= 0.6 is 0 Å². The van der Waals surface area contributed by atoms with E-state index in [2.05, 4.69) is 6.58 Å². The topological polar surface area (TPSA) is 99.1 Å². The van der Waals surface area contributed by atoms with E-state index in [4.69, 9.17) is 19.3 Å². The molecule has 0 heterocycles. The molecule has 0 saturated heterocycles. The lowest BCUT2D eigenvalue weighted by molar-refractivity contribution is -0.141. The van der Waals surface area contributed by atoms with Gasteiger partial charge in [0.15, 0.2) is 0 Å². The molecule has 0 atom stereocenters. The van der Waals surface area contributed by atoms with Crippen molar-refractivity contribution >= 4 is 24.0 Å². The number of aliphatic carboxylic acids is 1. The van der Waals surface area contributed by atoms with Crippen LogP contribution in [0.4, 0.5) is 0 Å². The minimum atomic E-state index is -0.993. The van der Waals surface area contributed by atoms with Gasteiger partial charge in [-0.3, -0.25) is 4.79 Å². The smallest absolute Gasteiger partial charge is 0.334 e. The quantitative estimate of drug-likeness (QED) is 0.340. The van der Waals surface area contributed by atoms with Gasteiger partial charge in [-0.1, -0.05) is 18.7 Å². The third-order valence-corrected chi connectivity index (χ3v) is 3.51. The molecule has 0 aliphatic carbocycles. The summed E-state index contributed by atoms with van der Waals surface area (Å²) < 4.78 is 15.1. The van der Waals surface area contributed by atoms with Gasteiger partial charge in [0.25, 0.3) is 0 Å². The Labute approximate surface area is 158 Å². The van der Waals surface area contributed by atoms with E-state index >= 15 is 0 Å². The molecule has 0 bridgehead atoms. The van der Waals surface area contributed by atoms with Crippen LogP contribution in [0.25, 0.3) is 6.08 Å². The number of rotatable bonds is 12. The zero-order valence-electron chi connectivity index (χ0n) is 15.3. The maximum Gasteiger partial charge on any atom is 0.334 e. The first kappa shape index (κ1) is 22.0. The number of methoxy groups -OCH3 is 1. The lowest BCUT2D eigenvalue weighted by atomic mass is 10.1. The maximum absolute atomic E-state index is 12.3. The van der Waals surface area contributed by atoms with Crippen molar-refractivity contribution in [3.8, 4) is 5.75 Å². The second kappa shape index (κ2) is 12.3. The van der Waals surface area contributed by atoms with Crippen LogP contribution < -0.4 is 4.74 Å². The van der Waals surface area contributed by atoms with Crippen molar-refractivity contribution in [2.45, 2.75) is 25.7 Å². The van der Waals surface area contributed by atoms with Crippen molar-refractivity contribution in [1.29, 1.82) is 0 Å². The monoisotopic (exact) mass is 376 g/mol. The molecule has 0 radical (unpaired) electrons. The van der Waals surface area contributed by atoms with Crippen LogP contribution in [-0.2, 0) is 23.9 Å². The van der Waals surface area contributed by atoms with Gasteiger partial charge in [0.1, 0.15) is 5.75 Å². The first-order valence-electron chi connectivity index (χ1n) is 8.49. The van der Waals surface area contributed by atoms with Gasteiger partial charge in [0, 0.05) is 18.1 Å². The second-order valence-corrected chi connectivity index (χ2v) is 5.55. The predicted octanol–water partition coefficient (Wildman–Crippen LogP) is 3.00. The lowest BCUT2D eigenvalue weighted by Gasteiger charge is -2.08. The van der Waals surface area contributed by atoms with E-state index in [9.17, 15) is 14.4 Å². The molecule has 7 nitrogen and oxygen atoms in total. The van der Waals surface area contributed by atoms with Gasteiger partial charge in [0.2, 0.25) is 0 Å². The van der Waals surface area contributed by atoms with E-state index in [1.54, 1.807) is 37.5 Å². The molecule has 1 aromatic rings. The van der Waals surface area contributed by atoms with Gasteiger partial charge in [0.05, 0.1) is 20.3 Å². The number of ether oxygens (including phenoxy) is 3. The van der Waals surface area contributed by atoms with Gasteiger partial charge in [-0.15, -0.1) is 0 Å². The summed E-state index contributed by atoms with van der Waals surface area (Å²) in [5, 5.41) is 8.87. The summed E-state index contributed by atoms with van der Waals surface area (Å²) in [6.45, 7) is 3.66. The van der Waals surface area contributed by atoms with Gasteiger partial charge in [-0.2, -0.15) is 0 Å². The van der Waals surface area contributed by atoms with E-state index in [0.717, 1.165) is 11.6 Å². The van der Waals surface area contributed by atoms with Crippen LogP contribution in [-0.4, -0.2) is 43.3 Å². The molecule has 0 fully saturated rings. The van der Waals surface area contributed by atoms with Crippen LogP contribution in [0.5, 0.6) is 5.75 Å². The summed E-state index contributed by atoms with van der Waals surface area (Å²) >= 11 is 0. The number of carbonyl (C=O) groups is 3. The highest BCUT2D eigenvalue weighted by molar-refractivity contribution is 5.94. The number of esters is 2. The lowest BCUT2D eigenvalue weighted by Crippen LogP contribution is -2.11. The summed E-state index contributed by atoms with van der Waals surface area (Å²) in [5.74, 6) is -1.37. The Morgan fingerprint density at radius 2 is 1.67 bits per heavy atom. The molecule has 146 valence electrons. The van der Waals surface area contributed by atoms with E-state index < -0.39 is 17.9 Å². The highest BCUT2D eigenvalue weighted by Crippen LogP contribution is 2.17. The number of hydrogen-bond donors (Lipinski definition) is 1. The van der Waals surface area contributed by atoms with Crippen LogP contribution in [0, 0.1) is 0 Å². The van der Waals surface area contributed by atoms with Crippen molar-refractivity contribution in [2.24, 2.45) is 0 Å². The molecule has 1 N–H and O–H groups in total. The number of carbonyl (C=O) groups excluding carboxylic acids is 2. The molecular formula is C20H24O7. The van der Waals surface area contributed by atoms with Crippen molar-refractivity contribution in [3.05, 3.63) is 48.1 Å². The average molecular weight is 376 g/mol. The van der Waals surface area contributed by atoms with Crippen molar-refractivity contribution in [3.63, 3.8) is 0 Å². The Balaban J connectivity index is 2.59. The normalized spacial score (nSPS) is 10.8. The number of benzene rings is 1. The fourth-order valence-corrected chi connectivity index (χ4v) is 2.07. The SMILES string of the molecule is C=CC(=O)OCCCCOC(=O)/C(=C/c1ccc(OC)cc1)CCC(=O)O. The summed E-state index contributed by atoms with van der Waals surface area (Å²) in [7, 11) is 1.55. The Morgan fingerprint density at radius 3 is 2.22 bits per heavy atom. The maximum atomic E-state index is 12.3. The zero-order chi connectivity index (χ0) is 20.1. The molecular weight excluding hydrogens is 352 g/mol. The summed E-state index contributed by atoms with van der Waals surface area (Å²) in [6.07, 6.45) is 3.64. The number of carboxylic acids is 1. The Kier molecular flexibility index (Phi) is 10.00. The Morgan fingerprint density at radius 1 is 1.04 bits per heavy atom. The van der Waals surface area contributed by atoms with Crippen LogP contribution in [0.1, 0.15) is 31.2 Å². The van der Waals surface area contributed by atoms with E-state index in [-0.39, 0.29) is 31.6 Å². The molecule has 0 unspecified atom stereocenters. The van der Waals surface area contributed by atoms with Gasteiger partial charge in [-0.05, 0) is 43.0 Å². The Hall–Kier alpha value is -3.09. The molecule has 1 aromatic carbocycles. The first-order chi connectivity index (χ1) is 13.0. The van der Waals surface area contributed by atoms with Crippen LogP contribution in [0.15, 0.2) is 42.5 Å². The third-order valence-electron chi connectivity index (χ3n) is 3.51. The van der Waals surface area contributed by atoms with Crippen LogP contribution in [0.2, 0.25) is 0 Å². The van der Waals surface area contributed by atoms with Gasteiger partial charge < -0.3 is 19.3 Å². The van der Waals surface area contributed by atoms with Crippen LogP contribution in [0.3, 0.4) is 0 Å². The predicted molar refractivity (Wildman–Crippen MR) is 99.2 cm³/mol. The molecule has 0 aliphatic rings. The molecule has 0 amide bonds. The van der Waals surface area contributed by atoms with E-state index in [1.165, 1.54) is 0 Å². The standard InChI is InChI=1S/C20H24O7/c1-3-19(23)26-12-4-5-13-27-20(24)16(8-11-18(21)22)14-15-6-9-17(25-2)10-7-15/h3,6-7,9-10,14H,1,4-5,8,11-13H2,2H3,(H,21,22)/b16-14+. The third kappa shape index (κ3) is 9.25. The number of unbranched alkanes of at least 4 members (excludes halogenated alkanes) is 1. The number of hydrogen-bond acceptors (Lipinski definition) is 6. The average Bonchev–Trinajstić information content (AvgIpc) is 2.67. The van der Waals surface area contributed by atoms with Gasteiger partial charge >= 0.3 is 17.9 Å². The zero-order valence-corrected chi connectivity index (χ0v) is 15.3. The molecule has 0 spiro atoms. The molecule has 0 aliphatic heterocycles. The largest absolute Gasteiger partial charge is 0.497 e. The van der Waals surface area contributed by atoms with Crippen molar-refractivity contribution in [1.82, 2.24) is 0 Å². The Bertz CT molecular complexity index is 674. The molecule has 1 rings (SSSR count). The number of carboxylic acid groups (broad SMARTS) is 1. The molecule has 0 saturated carbocycles. The molecule has 0 aromatic heterocycles. The minimum Gasteiger partial charge on any atom is -0.497 e. The fourth-order valence-electron chi connectivity index (χ4n) is 2.07. The minimum absolute atomic E-state index is 0.0666. The highest BCUT2D eigenvalue weighted by Gasteiger charge is 2.13. The highest BCUT2D eigenvalue weighted by atomic mass is 16.5. The molecule has 27 heavy (non-hydrogen) atoms. The molecule has 7 heteroatoms. The fraction of sp³-hybridized carbons (Fsp3) is 0.350. The summed E-state index contributed by atoms with van der Waals surface area (Å²) in [6, 6.07) is 7.02. The second-order valence-electron chi connectivity index (χ2n) is 5.55. The summed E-state index contributed by atoms with van der Waals surface area (Å²) in [4.78, 5) is 34.0. The first-order valence-corrected chi connectivity index (χ1v) is 8.49. The van der Waals surface area contributed by atoms with Crippen molar-refractivity contribution < 1.29 is 33.7 Å². The van der Waals surface area contributed by atoms with Gasteiger partial charge in [-0.25, -0.2) is 9.59 Å².